The van der Waals surface area contributed by atoms with Gasteiger partial charge in [0.15, 0.2) is 0 Å². The highest BCUT2D eigenvalue weighted by molar-refractivity contribution is 7.15. The summed E-state index contributed by atoms with van der Waals surface area (Å²) in [4.78, 5) is 24.4. The lowest BCUT2D eigenvalue weighted by Crippen LogP contribution is -2.49. The number of carbonyl (C=O) groups excluding carboxylic acids is 1. The molecule has 0 saturated carbocycles. The highest BCUT2D eigenvalue weighted by atomic mass is 32.1. The van der Waals surface area contributed by atoms with Crippen LogP contribution in [-0.2, 0) is 7.05 Å². The molecule has 1 saturated heterocycles. The van der Waals surface area contributed by atoms with Gasteiger partial charge in [0, 0.05) is 44.5 Å². The molecule has 4 rings (SSSR count). The van der Waals surface area contributed by atoms with Gasteiger partial charge in [0.1, 0.15) is 28.7 Å². The largest absolute Gasteiger partial charge is 0.336 e. The van der Waals surface area contributed by atoms with E-state index in [1.807, 2.05) is 32.5 Å². The van der Waals surface area contributed by atoms with Crippen LogP contribution in [0, 0.1) is 0 Å². The van der Waals surface area contributed by atoms with Crippen LogP contribution in [0.2, 0.25) is 0 Å². The van der Waals surface area contributed by atoms with Crippen molar-refractivity contribution in [3.8, 4) is 0 Å². The molecule has 1 aliphatic heterocycles. The fraction of sp³-hybridized carbons (Fsp3) is 0.357. The van der Waals surface area contributed by atoms with Gasteiger partial charge in [-0.3, -0.25) is 9.20 Å². The molecule has 1 N–H and O–H groups in total. The van der Waals surface area contributed by atoms with Gasteiger partial charge in [-0.05, 0) is 0 Å². The predicted molar refractivity (Wildman–Crippen MR) is 82.9 cm³/mol. The average molecular weight is 316 g/mol. The zero-order valence-electron chi connectivity index (χ0n) is 12.1. The third-order valence-electron chi connectivity index (χ3n) is 4.04. The Bertz CT molecular complexity index is 818. The molecular weight excluding hydrogens is 300 g/mol. The van der Waals surface area contributed by atoms with Crippen LogP contribution in [0.1, 0.15) is 22.4 Å². The van der Waals surface area contributed by atoms with Gasteiger partial charge in [-0.25, -0.2) is 9.97 Å². The monoisotopic (exact) mass is 316 g/mol. The van der Waals surface area contributed by atoms with E-state index in [0.29, 0.717) is 18.8 Å². The quantitative estimate of drug-likeness (QED) is 0.763. The maximum atomic E-state index is 13.0. The highest BCUT2D eigenvalue weighted by Gasteiger charge is 2.32. The molecule has 1 atom stereocenters. The minimum absolute atomic E-state index is 0.0266. The van der Waals surface area contributed by atoms with Gasteiger partial charge >= 0.3 is 0 Å². The Morgan fingerprint density at radius 1 is 1.50 bits per heavy atom. The van der Waals surface area contributed by atoms with Crippen LogP contribution < -0.4 is 5.32 Å². The Balaban J connectivity index is 1.71. The lowest BCUT2D eigenvalue weighted by Gasteiger charge is -2.35. The van der Waals surface area contributed by atoms with Crippen molar-refractivity contribution in [3.05, 3.63) is 41.8 Å². The number of piperazine rings is 1. The number of imidazole rings is 2. The summed E-state index contributed by atoms with van der Waals surface area (Å²) < 4.78 is 3.82. The summed E-state index contributed by atoms with van der Waals surface area (Å²) in [6, 6.07) is -0.0558. The van der Waals surface area contributed by atoms with Crippen LogP contribution in [0.5, 0.6) is 0 Å². The zero-order valence-corrected chi connectivity index (χ0v) is 13.0. The molecule has 1 fully saturated rings. The van der Waals surface area contributed by atoms with Crippen molar-refractivity contribution < 1.29 is 4.79 Å². The van der Waals surface area contributed by atoms with Crippen molar-refractivity contribution in [1.82, 2.24) is 29.2 Å². The number of aromatic nitrogens is 4. The summed E-state index contributed by atoms with van der Waals surface area (Å²) in [5.74, 6) is 0.927. The molecule has 22 heavy (non-hydrogen) atoms. The summed E-state index contributed by atoms with van der Waals surface area (Å²) in [5.41, 5.74) is 0.665. The molecule has 3 aromatic rings. The normalized spacial score (nSPS) is 19.0. The Morgan fingerprint density at radius 3 is 3.23 bits per heavy atom. The van der Waals surface area contributed by atoms with Gasteiger partial charge < -0.3 is 14.8 Å². The van der Waals surface area contributed by atoms with Crippen molar-refractivity contribution >= 4 is 22.1 Å². The molecule has 1 amide bonds. The number of hydrogen-bond acceptors (Lipinski definition) is 5. The maximum Gasteiger partial charge on any atom is 0.272 e. The van der Waals surface area contributed by atoms with Crippen molar-refractivity contribution in [3.63, 3.8) is 0 Å². The molecule has 1 unspecified atom stereocenters. The Kier molecular flexibility index (Phi) is 3.20. The summed E-state index contributed by atoms with van der Waals surface area (Å²) in [5, 5.41) is 5.25. The second-order valence-corrected chi connectivity index (χ2v) is 6.23. The predicted octanol–water partition coefficient (Wildman–Crippen LogP) is 0.916. The lowest BCUT2D eigenvalue weighted by atomic mass is 10.1. The number of carbonyl (C=O) groups is 1. The van der Waals surface area contributed by atoms with Crippen LogP contribution in [0.15, 0.2) is 30.3 Å². The molecule has 114 valence electrons. The first-order valence-electron chi connectivity index (χ1n) is 7.14. The Labute approximate surface area is 131 Å². The number of hydrogen-bond donors (Lipinski definition) is 1. The number of fused-ring (bicyclic) bond motifs is 1. The smallest absolute Gasteiger partial charge is 0.272 e. The SMILES string of the molecule is Cn1ccnc1C1CNCCN1C(=O)c1csc2cncn12. The molecule has 7 nitrogen and oxygen atoms in total. The molecule has 0 aromatic carbocycles. The zero-order chi connectivity index (χ0) is 15.1. The first-order valence-corrected chi connectivity index (χ1v) is 8.02. The number of rotatable bonds is 2. The number of nitrogens with one attached hydrogen (secondary N) is 1. The number of amides is 1. The van der Waals surface area contributed by atoms with Gasteiger partial charge in [0.05, 0.1) is 6.20 Å². The van der Waals surface area contributed by atoms with E-state index in [1.165, 1.54) is 11.3 Å². The summed E-state index contributed by atoms with van der Waals surface area (Å²) >= 11 is 1.53. The summed E-state index contributed by atoms with van der Waals surface area (Å²) in [7, 11) is 1.96. The van der Waals surface area contributed by atoms with Gasteiger partial charge in [0.2, 0.25) is 0 Å². The first kappa shape index (κ1) is 13.5. The second kappa shape index (κ2) is 5.22. The van der Waals surface area contributed by atoms with E-state index in [0.717, 1.165) is 17.2 Å². The molecule has 0 radical (unpaired) electrons. The minimum atomic E-state index is -0.0558. The number of aryl methyl sites for hydroxylation is 1. The Hall–Kier alpha value is -2.19. The van der Waals surface area contributed by atoms with E-state index in [-0.39, 0.29) is 11.9 Å². The van der Waals surface area contributed by atoms with Crippen LogP contribution in [0.25, 0.3) is 4.83 Å². The average Bonchev–Trinajstić information content (AvgIpc) is 3.22. The molecule has 0 bridgehead atoms. The van der Waals surface area contributed by atoms with Crippen molar-refractivity contribution in [2.45, 2.75) is 6.04 Å². The van der Waals surface area contributed by atoms with E-state index in [2.05, 4.69) is 15.3 Å². The van der Waals surface area contributed by atoms with Gasteiger partial charge in [-0.15, -0.1) is 11.3 Å². The first-order chi connectivity index (χ1) is 10.8. The van der Waals surface area contributed by atoms with Crippen molar-refractivity contribution in [2.24, 2.45) is 7.05 Å². The second-order valence-electron chi connectivity index (χ2n) is 5.34. The minimum Gasteiger partial charge on any atom is -0.336 e. The summed E-state index contributed by atoms with van der Waals surface area (Å²) in [6.45, 7) is 2.18. The van der Waals surface area contributed by atoms with Crippen LogP contribution >= 0.6 is 11.3 Å². The molecule has 0 spiro atoms. The van der Waals surface area contributed by atoms with E-state index in [4.69, 9.17) is 0 Å². The van der Waals surface area contributed by atoms with Crippen molar-refractivity contribution in [2.75, 3.05) is 19.6 Å². The van der Waals surface area contributed by atoms with E-state index < -0.39 is 0 Å². The van der Waals surface area contributed by atoms with E-state index >= 15 is 0 Å². The van der Waals surface area contributed by atoms with E-state index in [9.17, 15) is 4.79 Å². The van der Waals surface area contributed by atoms with E-state index in [1.54, 1.807) is 18.7 Å². The topological polar surface area (TPSA) is 67.5 Å². The molecule has 3 aromatic heterocycles. The molecular formula is C14H16N6OS. The van der Waals surface area contributed by atoms with Crippen LogP contribution in [-0.4, -0.2) is 49.4 Å². The van der Waals surface area contributed by atoms with Crippen molar-refractivity contribution in [1.29, 1.82) is 0 Å². The Morgan fingerprint density at radius 2 is 2.41 bits per heavy atom. The van der Waals surface area contributed by atoms with Crippen LogP contribution in [0.4, 0.5) is 0 Å². The van der Waals surface area contributed by atoms with Gasteiger partial charge in [-0.2, -0.15) is 0 Å². The van der Waals surface area contributed by atoms with Gasteiger partial charge in [0.25, 0.3) is 5.91 Å². The molecule has 8 heteroatoms. The molecule has 4 heterocycles. The fourth-order valence-electron chi connectivity index (χ4n) is 2.90. The van der Waals surface area contributed by atoms with Gasteiger partial charge in [-0.1, -0.05) is 0 Å². The molecule has 1 aliphatic rings. The van der Waals surface area contributed by atoms with Crippen LogP contribution in [0.3, 0.4) is 0 Å². The third-order valence-corrected chi connectivity index (χ3v) is 4.92. The third kappa shape index (κ3) is 2.03. The number of thiazole rings is 1. The number of nitrogens with zero attached hydrogens (tertiary/aromatic N) is 5. The standard InChI is InChI=1S/C14H16N6OS/c1-18-4-3-17-13(18)10-6-15-2-5-19(10)14(21)11-8-22-12-7-16-9-20(11)12/h3-4,7-10,15H,2,5-6H2,1H3. The lowest BCUT2D eigenvalue weighted by molar-refractivity contribution is 0.0614. The highest BCUT2D eigenvalue weighted by Crippen LogP contribution is 2.24. The fourth-order valence-corrected chi connectivity index (χ4v) is 3.73. The summed E-state index contributed by atoms with van der Waals surface area (Å²) in [6.07, 6.45) is 7.14. The maximum absolute atomic E-state index is 13.0. The molecule has 0 aliphatic carbocycles.